The van der Waals surface area contributed by atoms with E-state index in [9.17, 15) is 18.0 Å². The minimum atomic E-state index is -4.06. The predicted octanol–water partition coefficient (Wildman–Crippen LogP) is 4.67. The molecule has 0 saturated carbocycles. The van der Waals surface area contributed by atoms with Crippen LogP contribution in [0.4, 0.5) is 4.79 Å². The van der Waals surface area contributed by atoms with Crippen LogP contribution in [0, 0.1) is 0 Å². The number of carbonyl (C=O) groups excluding carboxylic acids is 2. The highest BCUT2D eigenvalue weighted by Gasteiger charge is 2.45. The summed E-state index contributed by atoms with van der Waals surface area (Å²) in [6.07, 6.45) is -2.91. The highest BCUT2D eigenvalue weighted by atomic mass is 32.2. The fourth-order valence-electron chi connectivity index (χ4n) is 4.45. The number of hydrogen-bond acceptors (Lipinski definition) is 8. The van der Waals surface area contributed by atoms with Crippen molar-refractivity contribution in [1.29, 1.82) is 0 Å². The molecule has 4 rings (SSSR count). The van der Waals surface area contributed by atoms with Gasteiger partial charge in [-0.05, 0) is 49.1 Å². The van der Waals surface area contributed by atoms with E-state index in [1.807, 2.05) is 60.7 Å². The van der Waals surface area contributed by atoms with Gasteiger partial charge in [0.25, 0.3) is 16.0 Å². The second kappa shape index (κ2) is 13.1. The molecule has 0 spiro atoms. The standard InChI is InChI=1S/C30H33NO8S/c1-21(2)38-28(29(32)31-25(20-37-30(31)33)17-22-11-6-4-7-12-22)27(39-40(3,34)35)24-15-10-16-26(18-24)36-19-23-13-8-5-9-14-23/h4-16,18,21,25,27-28H,17,19-20H2,1-3H3. The number of nitrogens with zero attached hydrogens (tertiary/aromatic N) is 1. The summed E-state index contributed by atoms with van der Waals surface area (Å²) in [5, 5.41) is 0. The molecular formula is C30H33NO8S. The number of ether oxygens (including phenoxy) is 3. The molecule has 9 nitrogen and oxygen atoms in total. The summed E-state index contributed by atoms with van der Waals surface area (Å²) in [6.45, 7) is 3.71. The smallest absolute Gasteiger partial charge is 0.417 e. The summed E-state index contributed by atoms with van der Waals surface area (Å²) in [6, 6.07) is 25.0. The zero-order valence-corrected chi connectivity index (χ0v) is 23.5. The van der Waals surface area contributed by atoms with Crippen LogP contribution in [-0.2, 0) is 41.6 Å². The van der Waals surface area contributed by atoms with Gasteiger partial charge in [0.2, 0.25) is 0 Å². The third-order valence-corrected chi connectivity index (χ3v) is 6.72. The Morgan fingerprint density at radius 2 is 1.62 bits per heavy atom. The Morgan fingerprint density at radius 3 is 2.25 bits per heavy atom. The topological polar surface area (TPSA) is 108 Å². The van der Waals surface area contributed by atoms with Gasteiger partial charge in [-0.1, -0.05) is 72.8 Å². The van der Waals surface area contributed by atoms with Crippen molar-refractivity contribution in [1.82, 2.24) is 4.90 Å². The van der Waals surface area contributed by atoms with Crippen LogP contribution in [0.15, 0.2) is 84.9 Å². The first-order chi connectivity index (χ1) is 19.1. The maximum atomic E-state index is 14.0. The molecule has 0 aromatic heterocycles. The second-order valence-corrected chi connectivity index (χ2v) is 11.4. The van der Waals surface area contributed by atoms with Crippen molar-refractivity contribution in [2.75, 3.05) is 12.9 Å². The first kappa shape index (κ1) is 29.3. The van der Waals surface area contributed by atoms with Gasteiger partial charge in [-0.25, -0.2) is 9.69 Å². The van der Waals surface area contributed by atoms with Crippen molar-refractivity contribution in [2.24, 2.45) is 0 Å². The monoisotopic (exact) mass is 567 g/mol. The van der Waals surface area contributed by atoms with E-state index in [0.29, 0.717) is 17.7 Å². The highest BCUT2D eigenvalue weighted by Crippen LogP contribution is 2.32. The third-order valence-electron chi connectivity index (χ3n) is 6.16. The molecule has 1 aliphatic heterocycles. The first-order valence-corrected chi connectivity index (χ1v) is 14.8. The summed E-state index contributed by atoms with van der Waals surface area (Å²) in [7, 11) is -4.06. The van der Waals surface area contributed by atoms with Crippen molar-refractivity contribution in [2.45, 2.75) is 51.2 Å². The van der Waals surface area contributed by atoms with Crippen LogP contribution >= 0.6 is 0 Å². The molecule has 1 aliphatic rings. The first-order valence-electron chi connectivity index (χ1n) is 12.9. The summed E-state index contributed by atoms with van der Waals surface area (Å²) >= 11 is 0. The van der Waals surface area contributed by atoms with Crippen molar-refractivity contribution in [3.05, 3.63) is 102 Å². The molecular weight excluding hydrogens is 534 g/mol. The zero-order chi connectivity index (χ0) is 28.7. The van der Waals surface area contributed by atoms with Gasteiger partial charge in [0.1, 0.15) is 25.1 Å². The Balaban J connectivity index is 1.65. The van der Waals surface area contributed by atoms with Gasteiger partial charge in [0.15, 0.2) is 6.10 Å². The van der Waals surface area contributed by atoms with Gasteiger partial charge in [0.05, 0.1) is 18.4 Å². The Labute approximate surface area is 234 Å². The van der Waals surface area contributed by atoms with E-state index in [4.69, 9.17) is 18.4 Å². The van der Waals surface area contributed by atoms with Gasteiger partial charge in [-0.15, -0.1) is 0 Å². The van der Waals surface area contributed by atoms with E-state index in [0.717, 1.165) is 22.3 Å². The number of cyclic esters (lactones) is 1. The lowest BCUT2D eigenvalue weighted by Crippen LogP contribution is -2.49. The quantitative estimate of drug-likeness (QED) is 0.291. The van der Waals surface area contributed by atoms with Gasteiger partial charge >= 0.3 is 6.09 Å². The summed E-state index contributed by atoms with van der Waals surface area (Å²) < 4.78 is 47.4. The van der Waals surface area contributed by atoms with Crippen LogP contribution in [0.1, 0.15) is 36.6 Å². The van der Waals surface area contributed by atoms with Crippen molar-refractivity contribution < 1.29 is 36.4 Å². The van der Waals surface area contributed by atoms with E-state index in [-0.39, 0.29) is 13.2 Å². The van der Waals surface area contributed by atoms with Crippen LogP contribution in [0.3, 0.4) is 0 Å². The Bertz CT molecular complexity index is 1400. The third kappa shape index (κ3) is 7.91. The largest absolute Gasteiger partial charge is 0.489 e. The summed E-state index contributed by atoms with van der Waals surface area (Å²) in [4.78, 5) is 27.8. The molecule has 0 N–H and O–H groups in total. The Kier molecular flexibility index (Phi) is 9.57. The van der Waals surface area contributed by atoms with Crippen LogP contribution in [0.2, 0.25) is 0 Å². The molecule has 3 atom stereocenters. The van der Waals surface area contributed by atoms with Crippen LogP contribution < -0.4 is 4.74 Å². The molecule has 0 bridgehead atoms. The maximum absolute atomic E-state index is 14.0. The molecule has 3 aromatic rings. The molecule has 0 radical (unpaired) electrons. The summed E-state index contributed by atoms with van der Waals surface area (Å²) in [5.41, 5.74) is 2.20. The minimum Gasteiger partial charge on any atom is -0.489 e. The Morgan fingerprint density at radius 1 is 0.975 bits per heavy atom. The molecule has 3 unspecified atom stereocenters. The van der Waals surface area contributed by atoms with E-state index >= 15 is 0 Å². The van der Waals surface area contributed by atoms with Gasteiger partial charge < -0.3 is 14.2 Å². The lowest BCUT2D eigenvalue weighted by atomic mass is 10.0. The zero-order valence-electron chi connectivity index (χ0n) is 22.6. The molecule has 1 heterocycles. The van der Waals surface area contributed by atoms with Crippen LogP contribution in [0.25, 0.3) is 0 Å². The summed E-state index contributed by atoms with van der Waals surface area (Å²) in [5.74, 6) is -0.303. The lowest BCUT2D eigenvalue weighted by molar-refractivity contribution is -0.152. The molecule has 2 amide bonds. The molecule has 1 fully saturated rings. The Hall–Kier alpha value is -3.73. The molecule has 10 heteroatoms. The lowest BCUT2D eigenvalue weighted by Gasteiger charge is -2.31. The number of benzene rings is 3. The maximum Gasteiger partial charge on any atom is 0.417 e. The average molecular weight is 568 g/mol. The van der Waals surface area contributed by atoms with Crippen molar-refractivity contribution in [3.8, 4) is 5.75 Å². The fraction of sp³-hybridized carbons (Fsp3) is 0.333. The van der Waals surface area contributed by atoms with Crippen molar-refractivity contribution in [3.63, 3.8) is 0 Å². The molecule has 1 saturated heterocycles. The molecule has 0 aliphatic carbocycles. The fourth-order valence-corrected chi connectivity index (χ4v) is 5.04. The van der Waals surface area contributed by atoms with E-state index in [1.54, 1.807) is 38.1 Å². The normalized spacial score (nSPS) is 16.9. The number of rotatable bonds is 12. The molecule has 3 aromatic carbocycles. The number of amides is 2. The second-order valence-electron chi connectivity index (χ2n) is 9.80. The van der Waals surface area contributed by atoms with Crippen LogP contribution in [-0.4, -0.2) is 56.4 Å². The van der Waals surface area contributed by atoms with E-state index in [1.165, 1.54) is 0 Å². The number of hydrogen-bond donors (Lipinski definition) is 0. The van der Waals surface area contributed by atoms with Gasteiger partial charge in [0, 0.05) is 0 Å². The van der Waals surface area contributed by atoms with Crippen molar-refractivity contribution >= 4 is 22.1 Å². The molecule has 40 heavy (non-hydrogen) atoms. The number of carbonyl (C=O) groups is 2. The molecule has 212 valence electrons. The highest BCUT2D eigenvalue weighted by molar-refractivity contribution is 7.86. The van der Waals surface area contributed by atoms with E-state index < -0.39 is 46.5 Å². The minimum absolute atomic E-state index is 0.00821. The SMILES string of the molecule is CC(C)OC(C(=O)N1C(=O)OCC1Cc1ccccc1)C(OS(C)(=O)=O)c1cccc(OCc2ccccc2)c1. The number of imide groups is 1. The predicted molar refractivity (Wildman–Crippen MR) is 148 cm³/mol. The van der Waals surface area contributed by atoms with Gasteiger partial charge in [-0.2, -0.15) is 8.42 Å². The van der Waals surface area contributed by atoms with Crippen LogP contribution in [0.5, 0.6) is 5.75 Å². The van der Waals surface area contributed by atoms with E-state index in [2.05, 4.69) is 0 Å². The van der Waals surface area contributed by atoms with Gasteiger partial charge in [-0.3, -0.25) is 8.98 Å². The average Bonchev–Trinajstić information content (AvgIpc) is 3.29.